The first-order chi connectivity index (χ1) is 8.70. The van der Waals surface area contributed by atoms with Crippen molar-refractivity contribution < 1.29 is 27.5 Å². The number of nitrogens with two attached hydrogens (primary N) is 1. The maximum atomic E-state index is 13.4. The summed E-state index contributed by atoms with van der Waals surface area (Å²) in [6.45, 7) is -0.126. The van der Waals surface area contributed by atoms with Gasteiger partial charge in [-0.25, -0.2) is 9.18 Å². The zero-order valence-electron chi connectivity index (χ0n) is 9.72. The molecule has 1 rings (SSSR count). The molecule has 0 amide bonds. The number of hydrogen-bond acceptors (Lipinski definition) is 3. The zero-order valence-corrected chi connectivity index (χ0v) is 9.72. The first kappa shape index (κ1) is 15.1. The van der Waals surface area contributed by atoms with E-state index in [4.69, 9.17) is 10.8 Å². The van der Waals surface area contributed by atoms with Gasteiger partial charge in [-0.15, -0.1) is 0 Å². The number of anilines is 2. The van der Waals surface area contributed by atoms with Crippen molar-refractivity contribution in [3.8, 4) is 0 Å². The molecular weight excluding hydrogens is 268 g/mol. The monoisotopic (exact) mass is 280 g/mol. The molecule has 0 aromatic heterocycles. The van der Waals surface area contributed by atoms with Gasteiger partial charge < -0.3 is 16.2 Å². The molecular formula is C11H12F4N2O2. The highest BCUT2D eigenvalue weighted by Crippen LogP contribution is 2.24. The van der Waals surface area contributed by atoms with Crippen LogP contribution < -0.4 is 11.1 Å². The Morgan fingerprint density at radius 3 is 2.53 bits per heavy atom. The number of nitrogens with one attached hydrogen (secondary N) is 1. The topological polar surface area (TPSA) is 75.3 Å². The fraction of sp³-hybridized carbons (Fsp3) is 0.364. The van der Waals surface area contributed by atoms with E-state index in [0.29, 0.717) is 0 Å². The fourth-order valence-electron chi connectivity index (χ4n) is 1.42. The smallest absolute Gasteiger partial charge is 0.389 e. The largest absolute Gasteiger partial charge is 0.478 e. The molecule has 0 fully saturated rings. The molecule has 1 aromatic carbocycles. The Kier molecular flexibility index (Phi) is 4.57. The molecule has 1 aromatic rings. The molecule has 0 atom stereocenters. The lowest BCUT2D eigenvalue weighted by molar-refractivity contribution is -0.134. The minimum atomic E-state index is -4.27. The number of hydrogen-bond donors (Lipinski definition) is 3. The maximum Gasteiger partial charge on any atom is 0.389 e. The zero-order chi connectivity index (χ0) is 14.6. The van der Waals surface area contributed by atoms with Crippen LogP contribution in [0.25, 0.3) is 0 Å². The van der Waals surface area contributed by atoms with Crippen molar-refractivity contribution in [2.45, 2.75) is 19.0 Å². The summed E-state index contributed by atoms with van der Waals surface area (Å²) in [4.78, 5) is 10.8. The molecule has 4 nitrogen and oxygen atoms in total. The number of carboxylic acids is 1. The Balaban J connectivity index is 2.68. The number of benzene rings is 1. The Morgan fingerprint density at radius 1 is 1.37 bits per heavy atom. The van der Waals surface area contributed by atoms with Crippen LogP contribution in [-0.4, -0.2) is 23.8 Å². The van der Waals surface area contributed by atoms with Gasteiger partial charge in [0.25, 0.3) is 0 Å². The van der Waals surface area contributed by atoms with Crippen LogP contribution in [0.15, 0.2) is 12.1 Å². The Morgan fingerprint density at radius 2 is 2.00 bits per heavy atom. The molecule has 0 heterocycles. The van der Waals surface area contributed by atoms with Gasteiger partial charge in [0.1, 0.15) is 5.82 Å². The SMILES string of the molecule is Nc1cc(F)c(NCCCC(F)(F)F)cc1C(=O)O. The number of carbonyl (C=O) groups is 1. The molecule has 0 bridgehead atoms. The molecule has 0 spiro atoms. The van der Waals surface area contributed by atoms with Gasteiger partial charge in [0, 0.05) is 18.7 Å². The molecule has 0 saturated heterocycles. The summed E-state index contributed by atoms with van der Waals surface area (Å²) in [5, 5.41) is 11.2. The molecule has 0 aliphatic heterocycles. The summed E-state index contributed by atoms with van der Waals surface area (Å²) in [6, 6.07) is 1.77. The van der Waals surface area contributed by atoms with Crippen molar-refractivity contribution >= 4 is 17.3 Å². The number of rotatable bonds is 5. The van der Waals surface area contributed by atoms with Crippen molar-refractivity contribution in [2.24, 2.45) is 0 Å². The molecule has 8 heteroatoms. The van der Waals surface area contributed by atoms with Crippen LogP contribution in [0.5, 0.6) is 0 Å². The Hall–Kier alpha value is -1.99. The van der Waals surface area contributed by atoms with Crippen LogP contribution in [0.2, 0.25) is 0 Å². The Labute approximate surface area is 106 Å². The lowest BCUT2D eigenvalue weighted by atomic mass is 10.1. The second-order valence-corrected chi connectivity index (χ2v) is 3.87. The lowest BCUT2D eigenvalue weighted by Gasteiger charge is -2.11. The molecule has 0 saturated carbocycles. The van der Waals surface area contributed by atoms with E-state index in [1.807, 2.05) is 0 Å². The molecule has 0 radical (unpaired) electrons. The van der Waals surface area contributed by atoms with E-state index in [0.717, 1.165) is 12.1 Å². The number of nitrogen functional groups attached to an aromatic ring is 1. The predicted molar refractivity (Wildman–Crippen MR) is 61.6 cm³/mol. The van der Waals surface area contributed by atoms with Crippen molar-refractivity contribution in [1.82, 2.24) is 0 Å². The fourth-order valence-corrected chi connectivity index (χ4v) is 1.42. The first-order valence-electron chi connectivity index (χ1n) is 5.33. The first-order valence-corrected chi connectivity index (χ1v) is 5.33. The van der Waals surface area contributed by atoms with Crippen LogP contribution in [0, 0.1) is 5.82 Å². The third kappa shape index (κ3) is 4.65. The molecule has 19 heavy (non-hydrogen) atoms. The third-order valence-electron chi connectivity index (χ3n) is 2.32. The standard InChI is InChI=1S/C11H12F4N2O2/c12-7-5-8(16)6(10(18)19)4-9(7)17-3-1-2-11(13,14)15/h4-5,17H,1-3,16H2,(H,18,19). The molecule has 0 aliphatic rings. The quantitative estimate of drug-likeness (QED) is 0.440. The van der Waals surface area contributed by atoms with Crippen LogP contribution in [0.4, 0.5) is 28.9 Å². The maximum absolute atomic E-state index is 13.4. The minimum absolute atomic E-state index is 0.126. The van der Waals surface area contributed by atoms with E-state index < -0.39 is 24.4 Å². The highest BCUT2D eigenvalue weighted by Gasteiger charge is 2.25. The Bertz CT molecular complexity index is 474. The van der Waals surface area contributed by atoms with Gasteiger partial charge in [-0.2, -0.15) is 13.2 Å². The van der Waals surface area contributed by atoms with Gasteiger partial charge in [0.05, 0.1) is 11.3 Å². The number of halogens is 4. The second-order valence-electron chi connectivity index (χ2n) is 3.87. The van der Waals surface area contributed by atoms with Crippen molar-refractivity contribution in [1.29, 1.82) is 0 Å². The van der Waals surface area contributed by atoms with E-state index in [9.17, 15) is 22.4 Å². The second kappa shape index (κ2) is 5.77. The average molecular weight is 280 g/mol. The average Bonchev–Trinajstić information content (AvgIpc) is 2.24. The van der Waals surface area contributed by atoms with Gasteiger partial charge in [-0.1, -0.05) is 0 Å². The van der Waals surface area contributed by atoms with E-state index in [1.165, 1.54) is 0 Å². The summed E-state index contributed by atoms with van der Waals surface area (Å²) < 4.78 is 49.1. The van der Waals surface area contributed by atoms with Gasteiger partial charge in [-0.05, 0) is 18.6 Å². The highest BCUT2D eigenvalue weighted by atomic mass is 19.4. The van der Waals surface area contributed by atoms with Gasteiger partial charge in [0.2, 0.25) is 0 Å². The van der Waals surface area contributed by atoms with Gasteiger partial charge >= 0.3 is 12.1 Å². The van der Waals surface area contributed by atoms with Crippen LogP contribution in [0.3, 0.4) is 0 Å². The summed E-state index contributed by atoms with van der Waals surface area (Å²) >= 11 is 0. The van der Waals surface area contributed by atoms with Gasteiger partial charge in [-0.3, -0.25) is 0 Å². The van der Waals surface area contributed by atoms with Crippen molar-refractivity contribution in [2.75, 3.05) is 17.6 Å². The summed E-state index contributed by atoms with van der Waals surface area (Å²) in [7, 11) is 0. The number of alkyl halides is 3. The van der Waals surface area contributed by atoms with Crippen molar-refractivity contribution in [3.63, 3.8) is 0 Å². The molecule has 4 N–H and O–H groups in total. The lowest BCUT2D eigenvalue weighted by Crippen LogP contribution is -2.12. The van der Waals surface area contributed by atoms with E-state index in [1.54, 1.807) is 0 Å². The van der Waals surface area contributed by atoms with Crippen molar-refractivity contribution in [3.05, 3.63) is 23.5 Å². The number of aromatic carboxylic acids is 1. The normalized spacial score (nSPS) is 11.4. The number of carboxylic acid groups (broad SMARTS) is 1. The van der Waals surface area contributed by atoms with E-state index in [-0.39, 0.29) is 29.9 Å². The summed E-state index contributed by atoms with van der Waals surface area (Å²) in [5.74, 6) is -2.15. The third-order valence-corrected chi connectivity index (χ3v) is 2.32. The highest BCUT2D eigenvalue weighted by molar-refractivity contribution is 5.94. The van der Waals surface area contributed by atoms with Crippen LogP contribution in [0.1, 0.15) is 23.2 Å². The molecule has 0 aliphatic carbocycles. The van der Waals surface area contributed by atoms with E-state index >= 15 is 0 Å². The minimum Gasteiger partial charge on any atom is -0.478 e. The van der Waals surface area contributed by atoms with Crippen LogP contribution in [-0.2, 0) is 0 Å². The summed E-state index contributed by atoms with van der Waals surface area (Å²) in [6.07, 6.45) is -5.51. The van der Waals surface area contributed by atoms with Crippen LogP contribution >= 0.6 is 0 Å². The predicted octanol–water partition coefficient (Wildman–Crippen LogP) is 2.86. The van der Waals surface area contributed by atoms with E-state index in [2.05, 4.69) is 5.32 Å². The summed E-state index contributed by atoms with van der Waals surface area (Å²) in [5.41, 5.74) is 4.57. The van der Waals surface area contributed by atoms with Gasteiger partial charge in [0.15, 0.2) is 0 Å². The molecule has 0 unspecified atom stereocenters. The molecule has 106 valence electrons.